The van der Waals surface area contributed by atoms with Gasteiger partial charge < -0.3 is 15.8 Å². The standard InChI is InChI=1S/C10H18N2O3/c1-15-6-9(13)12-8-4-2-3-7(5-8)10(11)14/h7-8H,2-6H2,1H3,(H2,11,14)(H,12,13). The van der Waals surface area contributed by atoms with Crippen molar-refractivity contribution in [3.05, 3.63) is 0 Å². The van der Waals surface area contributed by atoms with Gasteiger partial charge in [-0.1, -0.05) is 6.42 Å². The van der Waals surface area contributed by atoms with Crippen LogP contribution in [0.25, 0.3) is 0 Å². The summed E-state index contributed by atoms with van der Waals surface area (Å²) < 4.78 is 4.72. The van der Waals surface area contributed by atoms with Crippen LogP contribution in [-0.4, -0.2) is 31.6 Å². The van der Waals surface area contributed by atoms with Crippen molar-refractivity contribution in [2.24, 2.45) is 11.7 Å². The number of methoxy groups -OCH3 is 1. The zero-order valence-electron chi connectivity index (χ0n) is 8.99. The van der Waals surface area contributed by atoms with Gasteiger partial charge in [0, 0.05) is 19.1 Å². The number of nitrogens with two attached hydrogens (primary N) is 1. The molecule has 0 spiro atoms. The van der Waals surface area contributed by atoms with Crippen molar-refractivity contribution in [1.29, 1.82) is 0 Å². The topological polar surface area (TPSA) is 81.4 Å². The zero-order chi connectivity index (χ0) is 11.3. The lowest BCUT2D eigenvalue weighted by Crippen LogP contribution is -2.42. The van der Waals surface area contributed by atoms with Crippen LogP contribution in [0.5, 0.6) is 0 Å². The van der Waals surface area contributed by atoms with Gasteiger partial charge in [-0.3, -0.25) is 9.59 Å². The lowest BCUT2D eigenvalue weighted by Gasteiger charge is -2.27. The molecule has 0 heterocycles. The van der Waals surface area contributed by atoms with E-state index in [1.54, 1.807) is 0 Å². The maximum Gasteiger partial charge on any atom is 0.246 e. The molecule has 0 aromatic rings. The van der Waals surface area contributed by atoms with Crippen molar-refractivity contribution < 1.29 is 14.3 Å². The molecule has 2 unspecified atom stereocenters. The molecule has 5 heteroatoms. The van der Waals surface area contributed by atoms with Gasteiger partial charge in [-0.2, -0.15) is 0 Å². The fourth-order valence-corrected chi connectivity index (χ4v) is 1.98. The van der Waals surface area contributed by atoms with Gasteiger partial charge in [0.2, 0.25) is 11.8 Å². The molecule has 3 N–H and O–H groups in total. The average molecular weight is 214 g/mol. The number of nitrogens with one attached hydrogen (secondary N) is 1. The summed E-state index contributed by atoms with van der Waals surface area (Å²) in [5.74, 6) is -0.486. The molecule has 1 saturated carbocycles. The Labute approximate surface area is 89.3 Å². The number of amides is 2. The summed E-state index contributed by atoms with van der Waals surface area (Å²) in [6.07, 6.45) is 3.35. The van der Waals surface area contributed by atoms with E-state index in [1.165, 1.54) is 7.11 Å². The normalized spacial score (nSPS) is 25.9. The van der Waals surface area contributed by atoms with Crippen molar-refractivity contribution in [1.82, 2.24) is 5.32 Å². The molecule has 0 radical (unpaired) electrons. The van der Waals surface area contributed by atoms with Crippen LogP contribution in [0, 0.1) is 5.92 Å². The quantitative estimate of drug-likeness (QED) is 0.679. The summed E-state index contributed by atoms with van der Waals surface area (Å²) >= 11 is 0. The Balaban J connectivity index is 2.36. The lowest BCUT2D eigenvalue weighted by molar-refractivity contribution is -0.127. The molecule has 15 heavy (non-hydrogen) atoms. The van der Waals surface area contributed by atoms with Gasteiger partial charge in [-0.05, 0) is 19.3 Å². The van der Waals surface area contributed by atoms with E-state index in [2.05, 4.69) is 5.32 Å². The minimum atomic E-state index is -0.263. The van der Waals surface area contributed by atoms with E-state index in [1.807, 2.05) is 0 Å². The largest absolute Gasteiger partial charge is 0.375 e. The molecule has 5 nitrogen and oxygen atoms in total. The van der Waals surface area contributed by atoms with Crippen LogP contribution < -0.4 is 11.1 Å². The van der Waals surface area contributed by atoms with Crippen molar-refractivity contribution in [3.63, 3.8) is 0 Å². The first kappa shape index (κ1) is 12.0. The molecule has 1 aliphatic rings. The van der Waals surface area contributed by atoms with Crippen LogP contribution in [0.2, 0.25) is 0 Å². The number of carbonyl (C=O) groups excluding carboxylic acids is 2. The molecule has 1 aliphatic carbocycles. The lowest BCUT2D eigenvalue weighted by atomic mass is 9.85. The summed E-state index contributed by atoms with van der Waals surface area (Å²) in [7, 11) is 1.48. The number of ether oxygens (including phenoxy) is 1. The molecule has 0 aromatic carbocycles. The van der Waals surface area contributed by atoms with Gasteiger partial charge in [0.1, 0.15) is 6.61 Å². The van der Waals surface area contributed by atoms with E-state index in [0.717, 1.165) is 19.3 Å². The first-order valence-electron chi connectivity index (χ1n) is 5.21. The fourth-order valence-electron chi connectivity index (χ4n) is 1.98. The summed E-state index contributed by atoms with van der Waals surface area (Å²) in [6.45, 7) is 0.0672. The Morgan fingerprint density at radius 3 is 2.80 bits per heavy atom. The molecule has 0 bridgehead atoms. The van der Waals surface area contributed by atoms with Crippen LogP contribution >= 0.6 is 0 Å². The number of primary amides is 1. The van der Waals surface area contributed by atoms with Crippen LogP contribution in [0.3, 0.4) is 0 Å². The maximum atomic E-state index is 11.2. The third-order valence-electron chi connectivity index (χ3n) is 2.72. The van der Waals surface area contributed by atoms with Crippen LogP contribution in [0.4, 0.5) is 0 Å². The van der Waals surface area contributed by atoms with E-state index >= 15 is 0 Å². The summed E-state index contributed by atoms with van der Waals surface area (Å²) in [5, 5.41) is 2.83. The highest BCUT2D eigenvalue weighted by Gasteiger charge is 2.26. The first-order chi connectivity index (χ1) is 7.13. The SMILES string of the molecule is COCC(=O)NC1CCCC(C(N)=O)C1. The van der Waals surface area contributed by atoms with E-state index in [4.69, 9.17) is 10.5 Å². The molecule has 0 saturated heterocycles. The Morgan fingerprint density at radius 1 is 1.47 bits per heavy atom. The van der Waals surface area contributed by atoms with Gasteiger partial charge in [0.25, 0.3) is 0 Å². The third kappa shape index (κ3) is 3.87. The van der Waals surface area contributed by atoms with Crippen molar-refractivity contribution >= 4 is 11.8 Å². The first-order valence-corrected chi connectivity index (χ1v) is 5.21. The third-order valence-corrected chi connectivity index (χ3v) is 2.72. The number of carbonyl (C=O) groups is 2. The van der Waals surface area contributed by atoms with Gasteiger partial charge >= 0.3 is 0 Å². The highest BCUT2D eigenvalue weighted by atomic mass is 16.5. The summed E-state index contributed by atoms with van der Waals surface area (Å²) in [6, 6.07) is 0.0684. The Morgan fingerprint density at radius 2 is 2.20 bits per heavy atom. The highest BCUT2D eigenvalue weighted by Crippen LogP contribution is 2.23. The van der Waals surface area contributed by atoms with E-state index in [-0.39, 0.29) is 30.4 Å². The Bertz CT molecular complexity index is 243. The van der Waals surface area contributed by atoms with Gasteiger partial charge in [0.05, 0.1) is 0 Å². The predicted octanol–water partition coefficient (Wildman–Crippen LogP) is -0.207. The molecule has 2 amide bonds. The van der Waals surface area contributed by atoms with Crippen molar-refractivity contribution in [3.8, 4) is 0 Å². The number of hydrogen-bond acceptors (Lipinski definition) is 3. The van der Waals surface area contributed by atoms with E-state index in [0.29, 0.717) is 6.42 Å². The average Bonchev–Trinajstić information content (AvgIpc) is 2.18. The van der Waals surface area contributed by atoms with E-state index < -0.39 is 0 Å². The minimum Gasteiger partial charge on any atom is -0.375 e. The molecule has 2 atom stereocenters. The molecule has 0 aliphatic heterocycles. The van der Waals surface area contributed by atoms with Gasteiger partial charge in [-0.15, -0.1) is 0 Å². The Kier molecular flexibility index (Phi) is 4.55. The monoisotopic (exact) mass is 214 g/mol. The molecular weight excluding hydrogens is 196 g/mol. The highest BCUT2D eigenvalue weighted by molar-refractivity contribution is 5.78. The smallest absolute Gasteiger partial charge is 0.246 e. The maximum absolute atomic E-state index is 11.2. The number of rotatable bonds is 4. The predicted molar refractivity (Wildman–Crippen MR) is 55.0 cm³/mol. The second-order valence-corrected chi connectivity index (χ2v) is 3.96. The Hall–Kier alpha value is -1.10. The minimum absolute atomic E-state index is 0.0672. The zero-order valence-corrected chi connectivity index (χ0v) is 8.99. The molecule has 0 aromatic heterocycles. The van der Waals surface area contributed by atoms with Crippen LogP contribution in [0.15, 0.2) is 0 Å². The van der Waals surface area contributed by atoms with Crippen molar-refractivity contribution in [2.45, 2.75) is 31.7 Å². The van der Waals surface area contributed by atoms with E-state index in [9.17, 15) is 9.59 Å². The van der Waals surface area contributed by atoms with Gasteiger partial charge in [0.15, 0.2) is 0 Å². The summed E-state index contributed by atoms with van der Waals surface area (Å²) in [5.41, 5.74) is 5.24. The molecule has 1 fully saturated rings. The van der Waals surface area contributed by atoms with Crippen LogP contribution in [-0.2, 0) is 14.3 Å². The van der Waals surface area contributed by atoms with Gasteiger partial charge in [-0.25, -0.2) is 0 Å². The number of hydrogen-bond donors (Lipinski definition) is 2. The second-order valence-electron chi connectivity index (χ2n) is 3.96. The molecule has 86 valence electrons. The van der Waals surface area contributed by atoms with Crippen molar-refractivity contribution in [2.75, 3.05) is 13.7 Å². The summed E-state index contributed by atoms with van der Waals surface area (Å²) in [4.78, 5) is 22.2. The molecular formula is C10H18N2O3. The second kappa shape index (κ2) is 5.70. The molecule has 1 rings (SSSR count). The fraction of sp³-hybridized carbons (Fsp3) is 0.800. The van der Waals surface area contributed by atoms with Crippen LogP contribution in [0.1, 0.15) is 25.7 Å².